The monoisotopic (exact) mass is 506 g/mol. The van der Waals surface area contributed by atoms with Crippen LogP contribution in [0.5, 0.6) is 0 Å². The number of aromatic nitrogens is 1. The van der Waals surface area contributed by atoms with Crippen LogP contribution >= 0.6 is 0 Å². The number of nitrogens with zero attached hydrogens (tertiary/aromatic N) is 2. The highest BCUT2D eigenvalue weighted by atomic mass is 19.4. The molecule has 1 aliphatic rings. The lowest BCUT2D eigenvalue weighted by atomic mass is 9.94. The molecule has 36 heavy (non-hydrogen) atoms. The van der Waals surface area contributed by atoms with Crippen LogP contribution in [0.25, 0.3) is 0 Å². The first kappa shape index (κ1) is 27.0. The number of hydrogen-bond acceptors (Lipinski definition) is 5. The van der Waals surface area contributed by atoms with Gasteiger partial charge >= 0.3 is 24.1 Å². The highest BCUT2D eigenvalue weighted by Gasteiger charge is 2.35. The van der Waals surface area contributed by atoms with Crippen molar-refractivity contribution >= 4 is 29.4 Å². The number of amides is 3. The fraction of sp³-hybridized carbons (Fsp3) is 0.440. The van der Waals surface area contributed by atoms with Crippen molar-refractivity contribution < 1.29 is 32.3 Å². The van der Waals surface area contributed by atoms with Crippen LogP contribution in [0.4, 0.5) is 29.5 Å². The summed E-state index contributed by atoms with van der Waals surface area (Å²) in [5, 5.41) is 5.01. The third kappa shape index (κ3) is 6.96. The fourth-order valence-electron chi connectivity index (χ4n) is 3.93. The van der Waals surface area contributed by atoms with Gasteiger partial charge in [0.25, 0.3) is 0 Å². The maximum absolute atomic E-state index is 13.2. The number of benzene rings is 1. The Morgan fingerprint density at radius 1 is 1.08 bits per heavy atom. The van der Waals surface area contributed by atoms with Crippen molar-refractivity contribution in [3.05, 3.63) is 53.2 Å². The van der Waals surface area contributed by atoms with Gasteiger partial charge in [0, 0.05) is 6.54 Å². The molecule has 1 fully saturated rings. The summed E-state index contributed by atoms with van der Waals surface area (Å²) in [5.41, 5.74) is -0.406. The van der Waals surface area contributed by atoms with Gasteiger partial charge in [-0.3, -0.25) is 14.9 Å². The summed E-state index contributed by atoms with van der Waals surface area (Å²) in [6.07, 6.45) is -2.10. The van der Waals surface area contributed by atoms with Gasteiger partial charge in [-0.2, -0.15) is 13.2 Å². The predicted molar refractivity (Wildman–Crippen MR) is 127 cm³/mol. The van der Waals surface area contributed by atoms with Crippen molar-refractivity contribution in [1.29, 1.82) is 0 Å². The van der Waals surface area contributed by atoms with Crippen molar-refractivity contribution in [2.75, 3.05) is 17.2 Å². The molecular formula is C25H29F3N4O4. The molecule has 0 saturated carbocycles. The Labute approximate surface area is 207 Å². The maximum atomic E-state index is 13.2. The van der Waals surface area contributed by atoms with E-state index in [1.54, 1.807) is 27.7 Å². The number of likely N-dealkylation sites (tertiary alicyclic amines) is 1. The van der Waals surface area contributed by atoms with E-state index in [-0.39, 0.29) is 18.1 Å². The van der Waals surface area contributed by atoms with Crippen molar-refractivity contribution in [1.82, 2.24) is 9.88 Å². The molecule has 194 valence electrons. The number of aryl methyl sites for hydroxylation is 1. The molecule has 3 amide bonds. The number of carbonyl (C=O) groups is 3. The minimum absolute atomic E-state index is 0.230. The van der Waals surface area contributed by atoms with E-state index in [4.69, 9.17) is 4.74 Å². The summed E-state index contributed by atoms with van der Waals surface area (Å²) in [7, 11) is 0. The zero-order valence-electron chi connectivity index (χ0n) is 20.5. The molecule has 1 aliphatic heterocycles. The second-order valence-electron chi connectivity index (χ2n) is 9.60. The summed E-state index contributed by atoms with van der Waals surface area (Å²) in [6, 6.07) is 5.73. The van der Waals surface area contributed by atoms with Gasteiger partial charge in [0.15, 0.2) is 0 Å². The SMILES string of the molecule is Cc1cc(NC(=O)C(=O)N2CCCC[C@H]2c2cccc(C(F)(F)F)c2)cnc1NC(=O)OC(C)(C)C. The molecule has 0 aliphatic carbocycles. The number of carbonyl (C=O) groups excluding carboxylic acids is 3. The highest BCUT2D eigenvalue weighted by Crippen LogP contribution is 2.35. The average Bonchev–Trinajstić information content (AvgIpc) is 2.78. The molecular weight excluding hydrogens is 477 g/mol. The lowest BCUT2D eigenvalue weighted by Gasteiger charge is -2.35. The first-order chi connectivity index (χ1) is 16.7. The quantitative estimate of drug-likeness (QED) is 0.540. The Bertz CT molecular complexity index is 1140. The molecule has 1 aromatic carbocycles. The molecule has 1 aromatic heterocycles. The minimum atomic E-state index is -4.51. The van der Waals surface area contributed by atoms with Crippen LogP contribution in [-0.2, 0) is 20.5 Å². The highest BCUT2D eigenvalue weighted by molar-refractivity contribution is 6.39. The lowest BCUT2D eigenvalue weighted by molar-refractivity contribution is -0.145. The molecule has 2 aromatic rings. The average molecular weight is 507 g/mol. The number of pyridine rings is 1. The smallest absolute Gasteiger partial charge is 0.416 e. The van der Waals surface area contributed by atoms with E-state index in [1.807, 2.05) is 0 Å². The van der Waals surface area contributed by atoms with E-state index >= 15 is 0 Å². The standard InChI is InChI=1S/C25H29F3N4O4/c1-15-12-18(14-29-20(15)31-23(35)36-24(2,3)4)30-21(33)22(34)32-11-6-5-10-19(32)16-8-7-9-17(13-16)25(26,27)28/h7-9,12-14,19H,5-6,10-11H2,1-4H3,(H,30,33)(H,29,31,35)/t19-/m0/s1. The number of nitrogens with one attached hydrogen (secondary N) is 2. The Hall–Kier alpha value is -3.63. The van der Waals surface area contributed by atoms with Crippen molar-refractivity contribution in [3.63, 3.8) is 0 Å². The molecule has 8 nitrogen and oxygen atoms in total. The summed E-state index contributed by atoms with van der Waals surface area (Å²) < 4.78 is 44.7. The first-order valence-electron chi connectivity index (χ1n) is 11.5. The molecule has 0 unspecified atom stereocenters. The zero-order valence-corrected chi connectivity index (χ0v) is 20.5. The molecule has 0 spiro atoms. The second kappa shape index (κ2) is 10.5. The van der Waals surface area contributed by atoms with E-state index in [0.29, 0.717) is 24.0 Å². The van der Waals surface area contributed by atoms with Gasteiger partial charge in [-0.25, -0.2) is 9.78 Å². The van der Waals surface area contributed by atoms with E-state index in [9.17, 15) is 27.6 Å². The van der Waals surface area contributed by atoms with Gasteiger partial charge in [-0.15, -0.1) is 0 Å². The predicted octanol–water partition coefficient (Wildman–Crippen LogP) is 5.45. The third-order valence-electron chi connectivity index (χ3n) is 5.51. The zero-order chi connectivity index (χ0) is 26.7. The Balaban J connectivity index is 1.71. The van der Waals surface area contributed by atoms with Gasteiger partial charge < -0.3 is 15.0 Å². The molecule has 1 saturated heterocycles. The number of hydrogen-bond donors (Lipinski definition) is 2. The van der Waals surface area contributed by atoms with Gasteiger partial charge in [-0.1, -0.05) is 12.1 Å². The number of alkyl halides is 3. The molecule has 2 heterocycles. The molecule has 1 atom stereocenters. The minimum Gasteiger partial charge on any atom is -0.444 e. The number of halogens is 3. The molecule has 11 heteroatoms. The molecule has 0 bridgehead atoms. The van der Waals surface area contributed by atoms with Crippen LogP contribution in [-0.4, -0.2) is 39.9 Å². The van der Waals surface area contributed by atoms with E-state index in [0.717, 1.165) is 18.6 Å². The van der Waals surface area contributed by atoms with Crippen LogP contribution < -0.4 is 10.6 Å². The van der Waals surface area contributed by atoms with Crippen LogP contribution in [0, 0.1) is 6.92 Å². The Morgan fingerprint density at radius 2 is 1.81 bits per heavy atom. The van der Waals surface area contributed by atoms with Gasteiger partial charge in [0.2, 0.25) is 0 Å². The fourth-order valence-corrected chi connectivity index (χ4v) is 3.93. The summed E-state index contributed by atoms with van der Waals surface area (Å²) in [6.45, 7) is 7.09. The largest absolute Gasteiger partial charge is 0.444 e. The van der Waals surface area contributed by atoms with Crippen LogP contribution in [0.3, 0.4) is 0 Å². The van der Waals surface area contributed by atoms with Gasteiger partial charge in [0.1, 0.15) is 11.4 Å². The van der Waals surface area contributed by atoms with Crippen molar-refractivity contribution in [3.8, 4) is 0 Å². The third-order valence-corrected chi connectivity index (χ3v) is 5.51. The van der Waals surface area contributed by atoms with Crippen LogP contribution in [0.2, 0.25) is 0 Å². The molecule has 2 N–H and O–H groups in total. The summed E-state index contributed by atoms with van der Waals surface area (Å²) >= 11 is 0. The topological polar surface area (TPSA) is 101 Å². The normalized spacial score (nSPS) is 16.3. The Kier molecular flexibility index (Phi) is 7.90. The lowest BCUT2D eigenvalue weighted by Crippen LogP contribution is -2.44. The molecule has 0 radical (unpaired) electrons. The van der Waals surface area contributed by atoms with Gasteiger partial charge in [0.05, 0.1) is 23.5 Å². The number of piperidine rings is 1. The first-order valence-corrected chi connectivity index (χ1v) is 11.5. The second-order valence-corrected chi connectivity index (χ2v) is 9.60. The summed E-state index contributed by atoms with van der Waals surface area (Å²) in [4.78, 5) is 43.1. The van der Waals surface area contributed by atoms with Crippen LogP contribution in [0.1, 0.15) is 62.8 Å². The van der Waals surface area contributed by atoms with Crippen molar-refractivity contribution in [2.24, 2.45) is 0 Å². The van der Waals surface area contributed by atoms with Gasteiger partial charge in [-0.05, 0) is 76.3 Å². The Morgan fingerprint density at radius 3 is 2.44 bits per heavy atom. The molecule has 3 rings (SSSR count). The maximum Gasteiger partial charge on any atom is 0.416 e. The van der Waals surface area contributed by atoms with Crippen LogP contribution in [0.15, 0.2) is 36.5 Å². The van der Waals surface area contributed by atoms with Crippen molar-refractivity contribution in [2.45, 2.75) is 64.8 Å². The number of anilines is 2. The van der Waals surface area contributed by atoms with E-state index in [2.05, 4.69) is 15.6 Å². The number of ether oxygens (including phenoxy) is 1. The summed E-state index contributed by atoms with van der Waals surface area (Å²) in [5.74, 6) is -1.54. The number of rotatable bonds is 3. The van der Waals surface area contributed by atoms with E-state index < -0.39 is 41.3 Å². The van der Waals surface area contributed by atoms with E-state index in [1.165, 1.54) is 29.3 Å².